The van der Waals surface area contributed by atoms with E-state index >= 15 is 0 Å². The second-order valence-electron chi connectivity index (χ2n) is 5.87. The van der Waals surface area contributed by atoms with Gasteiger partial charge in [-0.25, -0.2) is 0 Å². The summed E-state index contributed by atoms with van der Waals surface area (Å²) in [6.07, 6.45) is -0.0934. The molecule has 3 rings (SSSR count). The highest BCUT2D eigenvalue weighted by Crippen LogP contribution is 2.31. The summed E-state index contributed by atoms with van der Waals surface area (Å²) in [5.41, 5.74) is 3.29. The minimum Gasteiger partial charge on any atom is -0.489 e. The standard InChI is InChI=1S/C21H16Cl2O3/c22-18-9-17(10-19(23)12-18)16-6-15(8-21(24)25)7-20(11-16)26-13-14-4-2-1-3-5-14/h1-7,9-12H,8,13H2,(H,24,25). The predicted octanol–water partition coefficient (Wildman–Crippen LogP) is 5.87. The number of hydrogen-bond donors (Lipinski definition) is 1. The number of hydrogen-bond acceptors (Lipinski definition) is 2. The van der Waals surface area contributed by atoms with E-state index in [4.69, 9.17) is 33.0 Å². The Morgan fingerprint density at radius 1 is 0.846 bits per heavy atom. The Kier molecular flexibility index (Phi) is 5.82. The van der Waals surface area contributed by atoms with Crippen molar-refractivity contribution in [3.63, 3.8) is 0 Å². The van der Waals surface area contributed by atoms with Crippen LogP contribution < -0.4 is 4.74 Å². The third kappa shape index (κ3) is 5.01. The fourth-order valence-corrected chi connectivity index (χ4v) is 3.17. The first-order valence-corrected chi connectivity index (χ1v) is 8.74. The van der Waals surface area contributed by atoms with Gasteiger partial charge in [-0.15, -0.1) is 0 Å². The number of ether oxygens (including phenoxy) is 1. The smallest absolute Gasteiger partial charge is 0.307 e. The molecule has 0 unspecified atom stereocenters. The van der Waals surface area contributed by atoms with Gasteiger partial charge in [0.05, 0.1) is 6.42 Å². The zero-order valence-corrected chi connectivity index (χ0v) is 15.3. The summed E-state index contributed by atoms with van der Waals surface area (Å²) in [6.45, 7) is 0.396. The third-order valence-electron chi connectivity index (χ3n) is 3.77. The summed E-state index contributed by atoms with van der Waals surface area (Å²) in [6, 6.07) is 20.4. The number of carboxylic acids is 1. The number of carbonyl (C=O) groups is 1. The van der Waals surface area contributed by atoms with Gasteiger partial charge >= 0.3 is 5.97 Å². The molecule has 0 aliphatic heterocycles. The van der Waals surface area contributed by atoms with Crippen LogP contribution in [0.5, 0.6) is 5.75 Å². The molecule has 0 aliphatic rings. The van der Waals surface area contributed by atoms with Gasteiger partial charge in [-0.1, -0.05) is 59.6 Å². The lowest BCUT2D eigenvalue weighted by Gasteiger charge is -2.12. The van der Waals surface area contributed by atoms with Crippen molar-refractivity contribution in [3.8, 4) is 16.9 Å². The topological polar surface area (TPSA) is 46.5 Å². The number of aliphatic carboxylic acids is 1. The molecule has 0 aliphatic carbocycles. The summed E-state index contributed by atoms with van der Waals surface area (Å²) >= 11 is 12.2. The summed E-state index contributed by atoms with van der Waals surface area (Å²) in [4.78, 5) is 11.1. The lowest BCUT2D eigenvalue weighted by atomic mass is 10.0. The summed E-state index contributed by atoms with van der Waals surface area (Å²) in [7, 11) is 0. The van der Waals surface area contributed by atoms with E-state index in [9.17, 15) is 4.79 Å². The highest BCUT2D eigenvalue weighted by atomic mass is 35.5. The highest BCUT2D eigenvalue weighted by Gasteiger charge is 2.09. The van der Waals surface area contributed by atoms with Crippen LogP contribution >= 0.6 is 23.2 Å². The minimum atomic E-state index is -0.903. The van der Waals surface area contributed by atoms with Crippen molar-refractivity contribution in [2.45, 2.75) is 13.0 Å². The monoisotopic (exact) mass is 386 g/mol. The van der Waals surface area contributed by atoms with Gasteiger partial charge in [0.2, 0.25) is 0 Å². The van der Waals surface area contributed by atoms with Gasteiger partial charge in [0, 0.05) is 10.0 Å². The lowest BCUT2D eigenvalue weighted by molar-refractivity contribution is -0.136. The first-order chi connectivity index (χ1) is 12.5. The molecule has 0 radical (unpaired) electrons. The predicted molar refractivity (Wildman–Crippen MR) is 104 cm³/mol. The van der Waals surface area contributed by atoms with Crippen LogP contribution in [0.25, 0.3) is 11.1 Å². The molecule has 3 nitrogen and oxygen atoms in total. The maximum absolute atomic E-state index is 11.1. The Morgan fingerprint density at radius 2 is 1.50 bits per heavy atom. The average molecular weight is 387 g/mol. The van der Waals surface area contributed by atoms with E-state index in [2.05, 4.69) is 0 Å². The van der Waals surface area contributed by atoms with E-state index in [0.717, 1.165) is 16.7 Å². The Labute approximate surface area is 161 Å². The van der Waals surface area contributed by atoms with Crippen molar-refractivity contribution in [2.24, 2.45) is 0 Å². The molecule has 0 aromatic heterocycles. The molecule has 0 fully saturated rings. The maximum Gasteiger partial charge on any atom is 0.307 e. The maximum atomic E-state index is 11.1. The summed E-state index contributed by atoms with van der Waals surface area (Å²) in [5, 5.41) is 10.2. The molecule has 3 aromatic carbocycles. The van der Waals surface area contributed by atoms with Gasteiger partial charge in [-0.3, -0.25) is 4.79 Å². The van der Waals surface area contributed by atoms with Crippen molar-refractivity contribution >= 4 is 29.2 Å². The lowest BCUT2D eigenvalue weighted by Crippen LogP contribution is -2.02. The highest BCUT2D eigenvalue weighted by molar-refractivity contribution is 6.35. The Balaban J connectivity index is 1.94. The Bertz CT molecular complexity index is 904. The molecule has 0 bridgehead atoms. The van der Waals surface area contributed by atoms with E-state index in [1.165, 1.54) is 0 Å². The van der Waals surface area contributed by atoms with Gasteiger partial charge in [0.1, 0.15) is 12.4 Å². The van der Waals surface area contributed by atoms with Gasteiger partial charge in [0.15, 0.2) is 0 Å². The van der Waals surface area contributed by atoms with Crippen LogP contribution in [0.2, 0.25) is 10.0 Å². The summed E-state index contributed by atoms with van der Waals surface area (Å²) < 4.78 is 5.88. The van der Waals surface area contributed by atoms with Crippen molar-refractivity contribution in [3.05, 3.63) is 87.9 Å². The minimum absolute atomic E-state index is 0.0934. The fraction of sp³-hybridized carbons (Fsp3) is 0.0952. The van der Waals surface area contributed by atoms with Crippen LogP contribution in [0.4, 0.5) is 0 Å². The van der Waals surface area contributed by atoms with Gasteiger partial charge in [0.25, 0.3) is 0 Å². The normalized spacial score (nSPS) is 10.5. The van der Waals surface area contributed by atoms with Gasteiger partial charge in [-0.05, 0) is 52.6 Å². The molecule has 3 aromatic rings. The first-order valence-electron chi connectivity index (χ1n) is 7.98. The van der Waals surface area contributed by atoms with Gasteiger partial charge in [-0.2, -0.15) is 0 Å². The van der Waals surface area contributed by atoms with Crippen LogP contribution in [0.3, 0.4) is 0 Å². The van der Waals surface area contributed by atoms with E-state index in [0.29, 0.717) is 28.0 Å². The molecule has 0 saturated heterocycles. The van der Waals surface area contributed by atoms with Crippen molar-refractivity contribution in [1.29, 1.82) is 0 Å². The fourth-order valence-electron chi connectivity index (χ4n) is 2.65. The second-order valence-corrected chi connectivity index (χ2v) is 6.74. The van der Waals surface area contributed by atoms with E-state index in [1.807, 2.05) is 42.5 Å². The van der Waals surface area contributed by atoms with E-state index in [1.54, 1.807) is 24.3 Å². The van der Waals surface area contributed by atoms with E-state index < -0.39 is 5.97 Å². The van der Waals surface area contributed by atoms with Crippen molar-refractivity contribution < 1.29 is 14.6 Å². The molecule has 1 N–H and O–H groups in total. The van der Waals surface area contributed by atoms with Crippen molar-refractivity contribution in [1.82, 2.24) is 0 Å². The molecule has 0 amide bonds. The summed E-state index contributed by atoms with van der Waals surface area (Å²) in [5.74, 6) is -0.306. The van der Waals surface area contributed by atoms with Crippen LogP contribution in [-0.2, 0) is 17.8 Å². The zero-order valence-electron chi connectivity index (χ0n) is 13.8. The van der Waals surface area contributed by atoms with E-state index in [-0.39, 0.29) is 6.42 Å². The van der Waals surface area contributed by atoms with Crippen LogP contribution in [0.1, 0.15) is 11.1 Å². The van der Waals surface area contributed by atoms with Gasteiger partial charge < -0.3 is 9.84 Å². The SMILES string of the molecule is O=C(O)Cc1cc(OCc2ccccc2)cc(-c2cc(Cl)cc(Cl)c2)c1. The largest absolute Gasteiger partial charge is 0.489 e. The molecular weight excluding hydrogens is 371 g/mol. The van der Waals surface area contributed by atoms with Crippen molar-refractivity contribution in [2.75, 3.05) is 0 Å². The number of carboxylic acid groups (broad SMARTS) is 1. The molecule has 0 atom stereocenters. The third-order valence-corrected chi connectivity index (χ3v) is 4.20. The van der Waals surface area contributed by atoms with Crippen LogP contribution in [-0.4, -0.2) is 11.1 Å². The average Bonchev–Trinajstić information content (AvgIpc) is 2.59. The molecule has 0 saturated carbocycles. The van der Waals surface area contributed by atoms with Crippen LogP contribution in [0.15, 0.2) is 66.7 Å². The number of rotatable bonds is 6. The molecule has 132 valence electrons. The Morgan fingerprint density at radius 3 is 2.15 bits per heavy atom. The zero-order chi connectivity index (χ0) is 18.5. The molecule has 0 heterocycles. The second kappa shape index (κ2) is 8.26. The molecule has 0 spiro atoms. The molecular formula is C21H16Cl2O3. The quantitative estimate of drug-likeness (QED) is 0.576. The molecule has 5 heteroatoms. The first kappa shape index (κ1) is 18.3. The number of halogens is 2. The van der Waals surface area contributed by atoms with Crippen LogP contribution in [0, 0.1) is 0 Å². The number of benzene rings is 3. The Hall–Kier alpha value is -2.49. The molecule has 26 heavy (non-hydrogen) atoms.